The van der Waals surface area contributed by atoms with Crippen LogP contribution in [0.5, 0.6) is 0 Å². The Balaban J connectivity index is 2.18. The van der Waals surface area contributed by atoms with Crippen LogP contribution in [0.25, 0.3) is 0 Å². The van der Waals surface area contributed by atoms with Crippen molar-refractivity contribution in [3.8, 4) is 0 Å². The van der Waals surface area contributed by atoms with Crippen molar-refractivity contribution in [3.05, 3.63) is 63.6 Å². The minimum atomic E-state index is -0.260. The highest BCUT2D eigenvalue weighted by atomic mass is 79.9. The predicted octanol–water partition coefficient (Wildman–Crippen LogP) is 3.53. The minimum absolute atomic E-state index is 0.224. The van der Waals surface area contributed by atoms with E-state index in [0.29, 0.717) is 6.42 Å². The van der Waals surface area contributed by atoms with Crippen molar-refractivity contribution >= 4 is 15.9 Å². The Kier molecular flexibility index (Phi) is 4.09. The van der Waals surface area contributed by atoms with E-state index < -0.39 is 0 Å². The van der Waals surface area contributed by atoms with E-state index in [-0.39, 0.29) is 11.9 Å². The van der Waals surface area contributed by atoms with E-state index in [0.717, 1.165) is 21.4 Å². The number of hydrogen-bond donors (Lipinski definition) is 1. The van der Waals surface area contributed by atoms with Gasteiger partial charge in [-0.2, -0.15) is 0 Å². The maximum atomic E-state index is 13.3. The number of hydrogen-bond acceptors (Lipinski definition) is 2. The molecule has 1 unspecified atom stereocenters. The Bertz CT molecular complexity index is 537. The van der Waals surface area contributed by atoms with Crippen LogP contribution in [0, 0.1) is 12.7 Å². The van der Waals surface area contributed by atoms with Gasteiger partial charge in [0, 0.05) is 10.2 Å². The van der Waals surface area contributed by atoms with Crippen LogP contribution in [0.1, 0.15) is 23.0 Å². The van der Waals surface area contributed by atoms with Gasteiger partial charge in [0.25, 0.3) is 0 Å². The molecule has 2 N–H and O–H groups in total. The number of aromatic nitrogens is 1. The second kappa shape index (κ2) is 5.59. The molecule has 0 fully saturated rings. The predicted molar refractivity (Wildman–Crippen MR) is 73.7 cm³/mol. The maximum Gasteiger partial charge on any atom is 0.124 e. The van der Waals surface area contributed by atoms with Crippen LogP contribution >= 0.6 is 15.9 Å². The molecule has 0 bridgehead atoms. The smallest absolute Gasteiger partial charge is 0.124 e. The third-order valence-corrected chi connectivity index (χ3v) is 3.13. The van der Waals surface area contributed by atoms with Gasteiger partial charge < -0.3 is 5.73 Å². The molecule has 0 saturated heterocycles. The summed E-state index contributed by atoms with van der Waals surface area (Å²) >= 11 is 3.27. The van der Waals surface area contributed by atoms with Gasteiger partial charge in [-0.3, -0.25) is 4.98 Å². The quantitative estimate of drug-likeness (QED) is 0.942. The molecule has 0 aliphatic rings. The van der Waals surface area contributed by atoms with Crippen molar-refractivity contribution in [1.29, 1.82) is 0 Å². The first-order valence-corrected chi connectivity index (χ1v) is 6.48. The first-order valence-electron chi connectivity index (χ1n) is 5.69. The van der Waals surface area contributed by atoms with Gasteiger partial charge in [0.15, 0.2) is 0 Å². The summed E-state index contributed by atoms with van der Waals surface area (Å²) in [6, 6.07) is 10.3. The average Bonchev–Trinajstić information content (AvgIpc) is 2.27. The van der Waals surface area contributed by atoms with E-state index in [9.17, 15) is 4.39 Å². The Morgan fingerprint density at radius 2 is 2.11 bits per heavy atom. The minimum Gasteiger partial charge on any atom is -0.322 e. The van der Waals surface area contributed by atoms with Crippen LogP contribution in [0.2, 0.25) is 0 Å². The lowest BCUT2D eigenvalue weighted by Gasteiger charge is -2.12. The molecule has 0 saturated carbocycles. The fourth-order valence-corrected chi connectivity index (χ4v) is 2.37. The van der Waals surface area contributed by atoms with Crippen molar-refractivity contribution < 1.29 is 4.39 Å². The van der Waals surface area contributed by atoms with Gasteiger partial charge in [-0.25, -0.2) is 4.39 Å². The van der Waals surface area contributed by atoms with Gasteiger partial charge >= 0.3 is 0 Å². The average molecular weight is 309 g/mol. The Hall–Kier alpha value is -1.26. The van der Waals surface area contributed by atoms with E-state index >= 15 is 0 Å². The van der Waals surface area contributed by atoms with Gasteiger partial charge in [0.05, 0.1) is 11.7 Å². The SMILES string of the molecule is Cc1cccc(C(N)Cc2cc(F)cc(Br)c2)n1. The van der Waals surface area contributed by atoms with Crippen molar-refractivity contribution in [2.75, 3.05) is 0 Å². The molecule has 0 aliphatic heterocycles. The zero-order chi connectivity index (χ0) is 13.1. The molecule has 1 aromatic carbocycles. The highest BCUT2D eigenvalue weighted by Crippen LogP contribution is 2.19. The molecular formula is C14H14BrFN2. The molecule has 2 nitrogen and oxygen atoms in total. The number of rotatable bonds is 3. The van der Waals surface area contributed by atoms with Crippen molar-refractivity contribution in [3.63, 3.8) is 0 Å². The molecule has 0 amide bonds. The van der Waals surface area contributed by atoms with Crippen molar-refractivity contribution in [2.24, 2.45) is 5.73 Å². The lowest BCUT2D eigenvalue weighted by atomic mass is 10.0. The standard InChI is InChI=1S/C14H14BrFN2/c1-9-3-2-4-14(18-9)13(17)7-10-5-11(15)8-12(16)6-10/h2-6,8,13H,7,17H2,1H3. The van der Waals surface area contributed by atoms with Crippen LogP contribution in [0.4, 0.5) is 4.39 Å². The number of pyridine rings is 1. The molecule has 0 aliphatic carbocycles. The number of aryl methyl sites for hydroxylation is 1. The summed E-state index contributed by atoms with van der Waals surface area (Å²) in [5.74, 6) is -0.260. The molecule has 0 radical (unpaired) electrons. The number of nitrogens with zero attached hydrogens (tertiary/aromatic N) is 1. The lowest BCUT2D eigenvalue weighted by Crippen LogP contribution is -2.15. The second-order valence-electron chi connectivity index (χ2n) is 4.29. The molecule has 1 atom stereocenters. The Morgan fingerprint density at radius 1 is 1.33 bits per heavy atom. The van der Waals surface area contributed by atoms with Crippen LogP contribution in [0.3, 0.4) is 0 Å². The van der Waals surface area contributed by atoms with E-state index in [1.54, 1.807) is 0 Å². The second-order valence-corrected chi connectivity index (χ2v) is 5.21. The number of halogens is 2. The van der Waals surface area contributed by atoms with Crippen LogP contribution in [0.15, 0.2) is 40.9 Å². The third kappa shape index (κ3) is 3.37. The van der Waals surface area contributed by atoms with Crippen LogP contribution < -0.4 is 5.73 Å². The van der Waals surface area contributed by atoms with Crippen LogP contribution in [-0.4, -0.2) is 4.98 Å². The van der Waals surface area contributed by atoms with Gasteiger partial charge in [0.1, 0.15) is 5.82 Å². The van der Waals surface area contributed by atoms with Gasteiger partial charge in [-0.05, 0) is 49.2 Å². The molecule has 1 heterocycles. The summed E-state index contributed by atoms with van der Waals surface area (Å²) in [6.07, 6.45) is 0.562. The molecule has 94 valence electrons. The van der Waals surface area contributed by atoms with Gasteiger partial charge in [-0.15, -0.1) is 0 Å². The molecule has 1 aromatic heterocycles. The number of nitrogens with two attached hydrogens (primary N) is 1. The fourth-order valence-electron chi connectivity index (χ4n) is 1.86. The van der Waals surface area contributed by atoms with E-state index in [2.05, 4.69) is 20.9 Å². The topological polar surface area (TPSA) is 38.9 Å². The summed E-state index contributed by atoms with van der Waals surface area (Å²) in [5, 5.41) is 0. The highest BCUT2D eigenvalue weighted by Gasteiger charge is 2.10. The summed E-state index contributed by atoms with van der Waals surface area (Å²) in [5.41, 5.74) is 8.72. The summed E-state index contributed by atoms with van der Waals surface area (Å²) < 4.78 is 14.0. The van der Waals surface area contributed by atoms with Crippen molar-refractivity contribution in [2.45, 2.75) is 19.4 Å². The first kappa shape index (κ1) is 13.2. The monoisotopic (exact) mass is 308 g/mol. The van der Waals surface area contributed by atoms with E-state index in [1.165, 1.54) is 12.1 Å². The molecule has 18 heavy (non-hydrogen) atoms. The Labute approximate surface area is 114 Å². The van der Waals surface area contributed by atoms with Crippen molar-refractivity contribution in [1.82, 2.24) is 4.98 Å². The fraction of sp³-hybridized carbons (Fsp3) is 0.214. The molecule has 2 rings (SSSR count). The first-order chi connectivity index (χ1) is 8.54. The zero-order valence-corrected chi connectivity index (χ0v) is 11.6. The molecule has 0 spiro atoms. The van der Waals surface area contributed by atoms with Gasteiger partial charge in [-0.1, -0.05) is 22.0 Å². The largest absolute Gasteiger partial charge is 0.322 e. The molecular weight excluding hydrogens is 295 g/mol. The lowest BCUT2D eigenvalue weighted by molar-refractivity contribution is 0.619. The Morgan fingerprint density at radius 3 is 2.78 bits per heavy atom. The van der Waals surface area contributed by atoms with E-state index in [1.807, 2.05) is 31.2 Å². The van der Waals surface area contributed by atoms with Gasteiger partial charge in [0.2, 0.25) is 0 Å². The highest BCUT2D eigenvalue weighted by molar-refractivity contribution is 9.10. The molecule has 2 aromatic rings. The van der Waals surface area contributed by atoms with Crippen LogP contribution in [-0.2, 0) is 6.42 Å². The summed E-state index contributed by atoms with van der Waals surface area (Å²) in [4.78, 5) is 4.38. The number of benzene rings is 1. The summed E-state index contributed by atoms with van der Waals surface area (Å²) in [7, 11) is 0. The zero-order valence-electron chi connectivity index (χ0n) is 10.0. The summed E-state index contributed by atoms with van der Waals surface area (Å²) in [6.45, 7) is 1.93. The third-order valence-electron chi connectivity index (χ3n) is 2.67. The maximum absolute atomic E-state index is 13.3. The normalized spacial score (nSPS) is 12.4. The van der Waals surface area contributed by atoms with E-state index in [4.69, 9.17) is 5.73 Å². The molecule has 4 heteroatoms.